The third-order valence-electron chi connectivity index (χ3n) is 3.22. The molecule has 0 unspecified atom stereocenters. The van der Waals surface area contributed by atoms with Gasteiger partial charge in [0, 0.05) is 18.9 Å². The number of hydrogen-bond donors (Lipinski definition) is 1. The summed E-state index contributed by atoms with van der Waals surface area (Å²) in [5.74, 6) is 2.18. The first-order chi connectivity index (χ1) is 7.93. The Hall–Kier alpha value is -1.51. The van der Waals surface area contributed by atoms with Crippen LogP contribution in [0, 0.1) is 5.92 Å². The molecule has 16 heavy (non-hydrogen) atoms. The maximum absolute atomic E-state index is 4.27. The number of imidazole rings is 1. The van der Waals surface area contributed by atoms with Gasteiger partial charge in [-0.2, -0.15) is 0 Å². The van der Waals surface area contributed by atoms with Crippen LogP contribution in [0.4, 0.5) is 5.82 Å². The van der Waals surface area contributed by atoms with Gasteiger partial charge in [-0.1, -0.05) is 18.9 Å². The van der Waals surface area contributed by atoms with Gasteiger partial charge in [0.1, 0.15) is 11.5 Å². The Balaban J connectivity index is 1.61. The molecule has 1 aliphatic carbocycles. The number of fused-ring (bicyclic) bond motifs is 1. The van der Waals surface area contributed by atoms with Crippen molar-refractivity contribution < 1.29 is 0 Å². The zero-order chi connectivity index (χ0) is 10.8. The van der Waals surface area contributed by atoms with Crippen LogP contribution in [-0.4, -0.2) is 15.9 Å². The highest BCUT2D eigenvalue weighted by molar-refractivity contribution is 5.49. The Morgan fingerprint density at radius 1 is 1.38 bits per heavy atom. The van der Waals surface area contributed by atoms with Crippen molar-refractivity contribution in [3.8, 4) is 0 Å². The van der Waals surface area contributed by atoms with Crippen LogP contribution in [0.1, 0.15) is 25.7 Å². The molecule has 3 nitrogen and oxygen atoms in total. The van der Waals surface area contributed by atoms with E-state index >= 15 is 0 Å². The van der Waals surface area contributed by atoms with Gasteiger partial charge in [-0.3, -0.25) is 4.40 Å². The van der Waals surface area contributed by atoms with Crippen molar-refractivity contribution in [1.82, 2.24) is 9.38 Å². The molecule has 0 saturated heterocycles. The van der Waals surface area contributed by atoms with Gasteiger partial charge in [0.25, 0.3) is 0 Å². The van der Waals surface area contributed by atoms with E-state index in [0.29, 0.717) is 0 Å². The first-order valence-electron chi connectivity index (χ1n) is 6.09. The molecule has 2 aromatic heterocycles. The predicted molar refractivity (Wildman–Crippen MR) is 65.6 cm³/mol. The second-order valence-electron chi connectivity index (χ2n) is 4.58. The quantitative estimate of drug-likeness (QED) is 0.777. The molecule has 2 heterocycles. The Labute approximate surface area is 95.5 Å². The lowest BCUT2D eigenvalue weighted by molar-refractivity contribution is 0.686. The van der Waals surface area contributed by atoms with Gasteiger partial charge in [0.05, 0.1) is 0 Å². The molecule has 0 atom stereocenters. The van der Waals surface area contributed by atoms with E-state index in [9.17, 15) is 0 Å². The molecule has 1 fully saturated rings. The SMILES string of the molecule is c1cc(NCCCC2CC2)n2ccnc2c1. The summed E-state index contributed by atoms with van der Waals surface area (Å²) in [5.41, 5.74) is 1.01. The molecule has 2 aromatic rings. The molecular formula is C13H17N3. The molecule has 0 spiro atoms. The highest BCUT2D eigenvalue weighted by Gasteiger charge is 2.19. The molecule has 3 rings (SSSR count). The van der Waals surface area contributed by atoms with E-state index in [-0.39, 0.29) is 0 Å². The fraction of sp³-hybridized carbons (Fsp3) is 0.462. The molecule has 84 valence electrons. The van der Waals surface area contributed by atoms with Crippen LogP contribution >= 0.6 is 0 Å². The van der Waals surface area contributed by atoms with Crippen molar-refractivity contribution in [3.05, 3.63) is 30.6 Å². The van der Waals surface area contributed by atoms with Gasteiger partial charge in [-0.15, -0.1) is 0 Å². The zero-order valence-electron chi connectivity index (χ0n) is 9.39. The van der Waals surface area contributed by atoms with Crippen LogP contribution in [-0.2, 0) is 0 Å². The van der Waals surface area contributed by atoms with E-state index in [1.165, 1.54) is 25.7 Å². The minimum absolute atomic E-state index is 1.01. The van der Waals surface area contributed by atoms with E-state index in [1.54, 1.807) is 0 Å². The Morgan fingerprint density at radius 2 is 2.31 bits per heavy atom. The summed E-state index contributed by atoms with van der Waals surface area (Å²) in [6.45, 7) is 1.06. The van der Waals surface area contributed by atoms with Crippen LogP contribution in [0.3, 0.4) is 0 Å². The van der Waals surface area contributed by atoms with Gasteiger partial charge in [-0.25, -0.2) is 4.98 Å². The number of nitrogens with one attached hydrogen (secondary N) is 1. The number of pyridine rings is 1. The largest absolute Gasteiger partial charge is 0.371 e. The summed E-state index contributed by atoms with van der Waals surface area (Å²) < 4.78 is 2.09. The van der Waals surface area contributed by atoms with E-state index < -0.39 is 0 Å². The van der Waals surface area contributed by atoms with E-state index in [2.05, 4.69) is 20.8 Å². The molecule has 1 aliphatic rings. The van der Waals surface area contributed by atoms with Gasteiger partial charge in [-0.05, 0) is 30.9 Å². The van der Waals surface area contributed by atoms with Gasteiger partial charge in [0.2, 0.25) is 0 Å². The Kier molecular flexibility index (Phi) is 2.52. The molecule has 0 aliphatic heterocycles. The molecule has 3 heteroatoms. The lowest BCUT2D eigenvalue weighted by Crippen LogP contribution is -2.05. The molecule has 0 aromatic carbocycles. The van der Waals surface area contributed by atoms with Crippen molar-refractivity contribution in [2.75, 3.05) is 11.9 Å². The Bertz CT molecular complexity index is 471. The molecule has 0 radical (unpaired) electrons. The van der Waals surface area contributed by atoms with E-state index in [0.717, 1.165) is 23.9 Å². The lowest BCUT2D eigenvalue weighted by Gasteiger charge is -2.08. The van der Waals surface area contributed by atoms with Crippen molar-refractivity contribution in [1.29, 1.82) is 0 Å². The normalized spacial score (nSPS) is 15.5. The maximum atomic E-state index is 4.27. The van der Waals surface area contributed by atoms with Crippen molar-refractivity contribution in [2.24, 2.45) is 5.92 Å². The first kappa shape index (κ1) is 9.70. The summed E-state index contributed by atoms with van der Waals surface area (Å²) in [4.78, 5) is 4.27. The summed E-state index contributed by atoms with van der Waals surface area (Å²) in [6.07, 6.45) is 9.40. The van der Waals surface area contributed by atoms with Crippen LogP contribution in [0.15, 0.2) is 30.6 Å². The lowest BCUT2D eigenvalue weighted by atomic mass is 10.2. The van der Waals surface area contributed by atoms with Crippen LogP contribution in [0.2, 0.25) is 0 Å². The minimum Gasteiger partial charge on any atom is -0.371 e. The monoisotopic (exact) mass is 215 g/mol. The first-order valence-corrected chi connectivity index (χ1v) is 6.09. The fourth-order valence-electron chi connectivity index (χ4n) is 2.11. The standard InChI is InChI=1S/C13H17N3/c1-4-12(14-8-2-3-11-6-7-11)16-10-9-15-13(16)5-1/h1,4-5,9-11,14H,2-3,6-8H2. The second-order valence-corrected chi connectivity index (χ2v) is 4.58. The third kappa shape index (κ3) is 2.03. The number of anilines is 1. The second kappa shape index (κ2) is 4.16. The predicted octanol–water partition coefficient (Wildman–Crippen LogP) is 2.94. The molecular weight excluding hydrogens is 198 g/mol. The maximum Gasteiger partial charge on any atom is 0.138 e. The van der Waals surface area contributed by atoms with Crippen molar-refractivity contribution >= 4 is 11.5 Å². The van der Waals surface area contributed by atoms with E-state index in [4.69, 9.17) is 0 Å². The molecule has 0 amide bonds. The third-order valence-corrected chi connectivity index (χ3v) is 3.22. The summed E-state index contributed by atoms with van der Waals surface area (Å²) in [5, 5.41) is 3.48. The number of nitrogens with zero attached hydrogens (tertiary/aromatic N) is 2. The number of hydrogen-bond acceptors (Lipinski definition) is 2. The average Bonchev–Trinajstić information content (AvgIpc) is 3.00. The van der Waals surface area contributed by atoms with Crippen LogP contribution in [0.5, 0.6) is 0 Å². The minimum atomic E-state index is 1.01. The van der Waals surface area contributed by atoms with E-state index in [1.807, 2.05) is 24.5 Å². The summed E-state index contributed by atoms with van der Waals surface area (Å²) in [7, 11) is 0. The van der Waals surface area contributed by atoms with Crippen LogP contribution in [0.25, 0.3) is 5.65 Å². The van der Waals surface area contributed by atoms with Crippen molar-refractivity contribution in [3.63, 3.8) is 0 Å². The molecule has 1 N–H and O–H groups in total. The average molecular weight is 215 g/mol. The van der Waals surface area contributed by atoms with Gasteiger partial charge in [0.15, 0.2) is 0 Å². The van der Waals surface area contributed by atoms with Gasteiger partial charge < -0.3 is 5.32 Å². The topological polar surface area (TPSA) is 29.3 Å². The Morgan fingerprint density at radius 3 is 3.19 bits per heavy atom. The number of aromatic nitrogens is 2. The fourth-order valence-corrected chi connectivity index (χ4v) is 2.11. The summed E-state index contributed by atoms with van der Waals surface area (Å²) >= 11 is 0. The smallest absolute Gasteiger partial charge is 0.138 e. The highest BCUT2D eigenvalue weighted by atomic mass is 15.1. The molecule has 1 saturated carbocycles. The highest BCUT2D eigenvalue weighted by Crippen LogP contribution is 2.33. The summed E-state index contributed by atoms with van der Waals surface area (Å²) in [6, 6.07) is 6.17. The van der Waals surface area contributed by atoms with Crippen molar-refractivity contribution in [2.45, 2.75) is 25.7 Å². The number of rotatable bonds is 5. The molecule has 0 bridgehead atoms. The van der Waals surface area contributed by atoms with Crippen LogP contribution < -0.4 is 5.32 Å². The van der Waals surface area contributed by atoms with Gasteiger partial charge >= 0.3 is 0 Å². The zero-order valence-corrected chi connectivity index (χ0v) is 9.39.